The molecule has 0 bridgehead atoms. The maximum Gasteiger partial charge on any atom is 0.322 e. The largest absolute Gasteiger partial charge is 0.406 e. The van der Waals surface area contributed by atoms with Crippen LogP contribution in [-0.2, 0) is 0 Å². The minimum Gasteiger partial charge on any atom is -0.406 e. The van der Waals surface area contributed by atoms with E-state index in [1.54, 1.807) is 11.0 Å². The molecule has 1 aromatic carbocycles. The van der Waals surface area contributed by atoms with Crippen LogP contribution < -0.4 is 10.2 Å². The van der Waals surface area contributed by atoms with Crippen LogP contribution in [-0.4, -0.2) is 23.3 Å². The number of hydrogen-bond donors (Lipinski definition) is 1. The number of nitrogens with one attached hydrogen (secondary N) is 1. The summed E-state index contributed by atoms with van der Waals surface area (Å²) in [6.07, 6.45) is 0. The van der Waals surface area contributed by atoms with E-state index < -0.39 is 0 Å². The standard InChI is InChI=1S/C14H19FN4O/c1-4-16-10(3)13-17-18-14(20-13)19(5-2)12-8-6-7-11(15)9-12/h6-10,16H,4-5H2,1-3H3. The lowest BCUT2D eigenvalue weighted by atomic mass is 10.3. The van der Waals surface area contributed by atoms with Gasteiger partial charge in [-0.2, -0.15) is 0 Å². The third-order valence-electron chi connectivity index (χ3n) is 2.98. The highest BCUT2D eigenvalue weighted by Gasteiger charge is 2.18. The van der Waals surface area contributed by atoms with E-state index in [2.05, 4.69) is 15.5 Å². The predicted molar refractivity (Wildman–Crippen MR) is 75.5 cm³/mol. The molecule has 0 aliphatic rings. The highest BCUT2D eigenvalue weighted by molar-refractivity contribution is 5.55. The van der Waals surface area contributed by atoms with Crippen LogP contribution in [0.3, 0.4) is 0 Å². The Kier molecular flexibility index (Phi) is 4.68. The molecule has 0 aliphatic carbocycles. The Bertz CT molecular complexity index is 558. The molecule has 0 amide bonds. The first-order valence-corrected chi connectivity index (χ1v) is 6.75. The van der Waals surface area contributed by atoms with Gasteiger partial charge in [0.2, 0.25) is 5.89 Å². The van der Waals surface area contributed by atoms with Crippen molar-refractivity contribution in [2.24, 2.45) is 0 Å². The normalized spacial score (nSPS) is 12.4. The molecule has 1 N–H and O–H groups in total. The Morgan fingerprint density at radius 2 is 2.15 bits per heavy atom. The fourth-order valence-electron chi connectivity index (χ4n) is 1.98. The predicted octanol–water partition coefficient (Wildman–Crippen LogP) is 3.04. The smallest absolute Gasteiger partial charge is 0.322 e. The monoisotopic (exact) mass is 278 g/mol. The molecular weight excluding hydrogens is 259 g/mol. The van der Waals surface area contributed by atoms with Crippen LogP contribution in [0.2, 0.25) is 0 Å². The van der Waals surface area contributed by atoms with Gasteiger partial charge in [-0.3, -0.25) is 4.90 Å². The van der Waals surface area contributed by atoms with E-state index in [-0.39, 0.29) is 11.9 Å². The molecule has 1 atom stereocenters. The van der Waals surface area contributed by atoms with Gasteiger partial charge in [0.15, 0.2) is 0 Å². The summed E-state index contributed by atoms with van der Waals surface area (Å²) in [5.41, 5.74) is 0.693. The summed E-state index contributed by atoms with van der Waals surface area (Å²) in [6.45, 7) is 7.35. The molecule has 1 aromatic heterocycles. The maximum atomic E-state index is 13.3. The Labute approximate surface area is 117 Å². The van der Waals surface area contributed by atoms with E-state index in [4.69, 9.17) is 4.42 Å². The first-order valence-electron chi connectivity index (χ1n) is 6.75. The van der Waals surface area contributed by atoms with Crippen LogP contribution in [0.4, 0.5) is 16.1 Å². The average molecular weight is 278 g/mol. The zero-order valence-electron chi connectivity index (χ0n) is 11.9. The molecule has 0 spiro atoms. The lowest BCUT2D eigenvalue weighted by Gasteiger charge is -2.18. The summed E-state index contributed by atoms with van der Waals surface area (Å²) in [4.78, 5) is 1.78. The SMILES string of the molecule is CCNC(C)c1nnc(N(CC)c2cccc(F)c2)o1. The van der Waals surface area contributed by atoms with Gasteiger partial charge < -0.3 is 9.73 Å². The van der Waals surface area contributed by atoms with Gasteiger partial charge in [-0.25, -0.2) is 4.39 Å². The third-order valence-corrected chi connectivity index (χ3v) is 2.98. The van der Waals surface area contributed by atoms with Crippen molar-refractivity contribution in [2.45, 2.75) is 26.8 Å². The number of hydrogen-bond acceptors (Lipinski definition) is 5. The summed E-state index contributed by atoms with van der Waals surface area (Å²) < 4.78 is 19.0. The second kappa shape index (κ2) is 6.47. The van der Waals surface area contributed by atoms with Crippen LogP contribution >= 0.6 is 0 Å². The Balaban J connectivity index is 2.24. The summed E-state index contributed by atoms with van der Waals surface area (Å²) in [5.74, 6) is 0.235. The van der Waals surface area contributed by atoms with Gasteiger partial charge in [0, 0.05) is 12.2 Å². The maximum absolute atomic E-state index is 13.3. The van der Waals surface area contributed by atoms with Crippen LogP contribution in [0.5, 0.6) is 0 Å². The first-order chi connectivity index (χ1) is 9.65. The number of nitrogens with zero attached hydrogens (tertiary/aromatic N) is 3. The van der Waals surface area contributed by atoms with Crippen molar-refractivity contribution in [1.82, 2.24) is 15.5 Å². The van der Waals surface area contributed by atoms with E-state index >= 15 is 0 Å². The van der Waals surface area contributed by atoms with E-state index in [0.717, 1.165) is 6.54 Å². The topological polar surface area (TPSA) is 54.2 Å². The van der Waals surface area contributed by atoms with Gasteiger partial charge in [0.1, 0.15) is 5.82 Å². The summed E-state index contributed by atoms with van der Waals surface area (Å²) in [6, 6.07) is 6.69. The van der Waals surface area contributed by atoms with Crippen molar-refractivity contribution in [3.63, 3.8) is 0 Å². The fraction of sp³-hybridized carbons (Fsp3) is 0.429. The summed E-state index contributed by atoms with van der Waals surface area (Å²) >= 11 is 0. The Morgan fingerprint density at radius 3 is 2.80 bits per heavy atom. The van der Waals surface area contributed by atoms with Crippen molar-refractivity contribution < 1.29 is 8.81 Å². The van der Waals surface area contributed by atoms with Crippen molar-refractivity contribution in [2.75, 3.05) is 18.0 Å². The van der Waals surface area contributed by atoms with Crippen LogP contribution in [0.1, 0.15) is 32.7 Å². The number of aromatic nitrogens is 2. The molecule has 0 saturated carbocycles. The molecular formula is C14H19FN4O. The highest BCUT2D eigenvalue weighted by Crippen LogP contribution is 2.25. The third kappa shape index (κ3) is 3.14. The zero-order chi connectivity index (χ0) is 14.5. The highest BCUT2D eigenvalue weighted by atomic mass is 19.1. The number of rotatable bonds is 6. The molecule has 0 fully saturated rings. The number of benzene rings is 1. The molecule has 0 saturated heterocycles. The minimum absolute atomic E-state index is 0.00698. The van der Waals surface area contributed by atoms with Gasteiger partial charge in [0.05, 0.1) is 6.04 Å². The van der Waals surface area contributed by atoms with E-state index in [1.807, 2.05) is 26.8 Å². The van der Waals surface area contributed by atoms with Crippen molar-refractivity contribution in [3.05, 3.63) is 36.0 Å². The van der Waals surface area contributed by atoms with Crippen LogP contribution in [0, 0.1) is 5.82 Å². The average Bonchev–Trinajstić information content (AvgIpc) is 2.90. The minimum atomic E-state index is -0.290. The van der Waals surface area contributed by atoms with Crippen LogP contribution in [0.25, 0.3) is 0 Å². The van der Waals surface area contributed by atoms with Crippen molar-refractivity contribution >= 4 is 11.7 Å². The summed E-state index contributed by atoms with van der Waals surface area (Å²) in [5, 5.41) is 11.3. The van der Waals surface area contributed by atoms with Crippen molar-refractivity contribution in [1.29, 1.82) is 0 Å². The molecule has 5 nitrogen and oxygen atoms in total. The molecule has 20 heavy (non-hydrogen) atoms. The quantitative estimate of drug-likeness (QED) is 0.880. The first kappa shape index (κ1) is 14.5. The molecule has 6 heteroatoms. The fourth-order valence-corrected chi connectivity index (χ4v) is 1.98. The van der Waals surface area contributed by atoms with Gasteiger partial charge in [0.25, 0.3) is 0 Å². The van der Waals surface area contributed by atoms with Gasteiger partial charge in [-0.05, 0) is 38.6 Å². The lowest BCUT2D eigenvalue weighted by Crippen LogP contribution is -2.18. The van der Waals surface area contributed by atoms with Crippen LogP contribution in [0.15, 0.2) is 28.7 Å². The van der Waals surface area contributed by atoms with Gasteiger partial charge in [-0.1, -0.05) is 18.1 Å². The zero-order valence-corrected chi connectivity index (χ0v) is 11.9. The molecule has 1 heterocycles. The molecule has 2 aromatic rings. The van der Waals surface area contributed by atoms with E-state index in [9.17, 15) is 4.39 Å². The van der Waals surface area contributed by atoms with E-state index in [0.29, 0.717) is 24.1 Å². The van der Waals surface area contributed by atoms with Gasteiger partial charge in [-0.15, -0.1) is 5.10 Å². The van der Waals surface area contributed by atoms with E-state index in [1.165, 1.54) is 12.1 Å². The molecule has 2 rings (SSSR count). The molecule has 0 aliphatic heterocycles. The van der Waals surface area contributed by atoms with Crippen molar-refractivity contribution in [3.8, 4) is 0 Å². The summed E-state index contributed by atoms with van der Waals surface area (Å²) in [7, 11) is 0. The second-order valence-electron chi connectivity index (χ2n) is 4.43. The van der Waals surface area contributed by atoms with Gasteiger partial charge >= 0.3 is 6.01 Å². The Morgan fingerprint density at radius 1 is 1.35 bits per heavy atom. The number of anilines is 2. The Hall–Kier alpha value is -1.95. The molecule has 1 unspecified atom stereocenters. The number of halogens is 1. The second-order valence-corrected chi connectivity index (χ2v) is 4.43. The lowest BCUT2D eigenvalue weighted by molar-refractivity contribution is 0.424. The molecule has 108 valence electrons. The molecule has 0 radical (unpaired) electrons.